The van der Waals surface area contributed by atoms with Crippen molar-refractivity contribution in [3.05, 3.63) is 48.0 Å². The Labute approximate surface area is 179 Å². The fraction of sp³-hybridized carbons (Fsp3) is 0.261. The Morgan fingerprint density at radius 2 is 1.74 bits per heavy atom. The summed E-state index contributed by atoms with van der Waals surface area (Å²) in [6, 6.07) is 13.1. The first kappa shape index (κ1) is 20.5. The van der Waals surface area contributed by atoms with E-state index in [9.17, 15) is 4.79 Å². The first-order chi connectivity index (χ1) is 15.1. The quantitative estimate of drug-likeness (QED) is 0.480. The van der Waals surface area contributed by atoms with Gasteiger partial charge < -0.3 is 19.5 Å². The molecule has 0 atom stereocenters. The van der Waals surface area contributed by atoms with Gasteiger partial charge in [-0.2, -0.15) is 5.10 Å². The van der Waals surface area contributed by atoms with Gasteiger partial charge in [0.15, 0.2) is 23.0 Å². The van der Waals surface area contributed by atoms with Gasteiger partial charge in [0.25, 0.3) is 5.91 Å². The Hall–Kier alpha value is -3.81. The van der Waals surface area contributed by atoms with Gasteiger partial charge in [0, 0.05) is 17.5 Å². The maximum absolute atomic E-state index is 13.1. The summed E-state index contributed by atoms with van der Waals surface area (Å²) in [7, 11) is 4.54. The van der Waals surface area contributed by atoms with Crippen molar-refractivity contribution < 1.29 is 19.0 Å². The number of nitrogens with one attached hydrogen (secondary N) is 1. The van der Waals surface area contributed by atoms with Crippen LogP contribution in [0.3, 0.4) is 0 Å². The van der Waals surface area contributed by atoms with Crippen molar-refractivity contribution >= 4 is 33.7 Å². The average molecular weight is 420 g/mol. The molecule has 8 nitrogen and oxygen atoms in total. The molecule has 4 aromatic rings. The fourth-order valence-electron chi connectivity index (χ4n) is 3.55. The number of methoxy groups -OCH3 is 3. The molecule has 1 N–H and O–H groups in total. The van der Waals surface area contributed by atoms with Gasteiger partial charge in [0.2, 0.25) is 5.75 Å². The number of para-hydroxylation sites is 1. The monoisotopic (exact) mass is 420 g/mol. The van der Waals surface area contributed by atoms with Gasteiger partial charge in [-0.25, -0.2) is 9.67 Å². The van der Waals surface area contributed by atoms with E-state index in [1.807, 2.05) is 35.0 Å². The topological polar surface area (TPSA) is 87.5 Å². The molecule has 8 heteroatoms. The van der Waals surface area contributed by atoms with Crippen molar-refractivity contribution in [2.24, 2.45) is 0 Å². The lowest BCUT2D eigenvalue weighted by Gasteiger charge is -2.13. The summed E-state index contributed by atoms with van der Waals surface area (Å²) in [5, 5.41) is 9.31. The number of fused-ring (bicyclic) bond motifs is 2. The Kier molecular flexibility index (Phi) is 5.62. The number of anilines is 1. The van der Waals surface area contributed by atoms with E-state index >= 15 is 0 Å². The van der Waals surface area contributed by atoms with E-state index in [0.717, 1.165) is 28.4 Å². The molecule has 0 spiro atoms. The summed E-state index contributed by atoms with van der Waals surface area (Å²) < 4.78 is 17.9. The fourth-order valence-corrected chi connectivity index (χ4v) is 3.55. The number of amides is 1. The molecule has 1 amide bonds. The predicted molar refractivity (Wildman–Crippen MR) is 119 cm³/mol. The molecular weight excluding hydrogens is 396 g/mol. The summed E-state index contributed by atoms with van der Waals surface area (Å²) >= 11 is 0. The Morgan fingerprint density at radius 3 is 2.39 bits per heavy atom. The Bertz CT molecular complexity index is 1240. The lowest BCUT2D eigenvalue weighted by Crippen LogP contribution is -2.13. The molecule has 0 radical (unpaired) electrons. The van der Waals surface area contributed by atoms with E-state index in [4.69, 9.17) is 19.2 Å². The number of hydrogen-bond acceptors (Lipinski definition) is 6. The highest BCUT2D eigenvalue weighted by molar-refractivity contribution is 6.09. The lowest BCUT2D eigenvalue weighted by atomic mass is 10.1. The van der Waals surface area contributed by atoms with Crippen LogP contribution in [0.4, 0.5) is 5.82 Å². The number of carbonyl (C=O) groups excluding carboxylic acids is 1. The summed E-state index contributed by atoms with van der Waals surface area (Å²) in [5.41, 5.74) is 1.98. The zero-order valence-corrected chi connectivity index (χ0v) is 17.9. The van der Waals surface area contributed by atoms with Crippen LogP contribution in [0.1, 0.15) is 23.7 Å². The number of ether oxygens (including phenoxy) is 3. The second-order valence-corrected chi connectivity index (χ2v) is 6.99. The summed E-state index contributed by atoms with van der Waals surface area (Å²) in [4.78, 5) is 17.9. The number of aromatic nitrogens is 3. The predicted octanol–water partition coefficient (Wildman–Crippen LogP) is 4.27. The van der Waals surface area contributed by atoms with Crippen molar-refractivity contribution in [2.75, 3.05) is 26.6 Å². The molecule has 0 aliphatic rings. The minimum atomic E-state index is -0.338. The molecule has 0 bridgehead atoms. The van der Waals surface area contributed by atoms with Crippen molar-refractivity contribution in [1.29, 1.82) is 0 Å². The summed E-state index contributed by atoms with van der Waals surface area (Å²) in [6.07, 6.45) is 0.894. The van der Waals surface area contributed by atoms with E-state index in [2.05, 4.69) is 17.3 Å². The molecule has 0 aliphatic carbocycles. The standard InChI is InChI=1S/C23H24N4O4/c1-5-10-27-22-16(11-14-8-6-7-9-17(14)24-22)21(26-27)25-23(28)15-12-18(29-2)20(31-4)19(13-15)30-3/h6-9,11-13H,5,10H2,1-4H3,(H,25,26,28). The van der Waals surface area contributed by atoms with Gasteiger partial charge in [0.05, 0.1) is 32.2 Å². The molecule has 0 saturated carbocycles. The zero-order chi connectivity index (χ0) is 22.0. The highest BCUT2D eigenvalue weighted by atomic mass is 16.5. The van der Waals surface area contributed by atoms with E-state index in [-0.39, 0.29) is 5.91 Å². The van der Waals surface area contributed by atoms with Crippen LogP contribution in [0.5, 0.6) is 17.2 Å². The van der Waals surface area contributed by atoms with Crippen LogP contribution in [0.15, 0.2) is 42.5 Å². The van der Waals surface area contributed by atoms with Crippen LogP contribution in [-0.4, -0.2) is 42.0 Å². The average Bonchev–Trinajstić information content (AvgIpc) is 3.12. The third kappa shape index (κ3) is 3.72. The molecule has 160 valence electrons. The Balaban J connectivity index is 1.77. The van der Waals surface area contributed by atoms with Gasteiger partial charge >= 0.3 is 0 Å². The van der Waals surface area contributed by atoms with E-state index in [0.29, 0.717) is 35.2 Å². The summed E-state index contributed by atoms with van der Waals surface area (Å²) in [6.45, 7) is 2.77. The van der Waals surface area contributed by atoms with Gasteiger partial charge in [-0.1, -0.05) is 25.1 Å². The van der Waals surface area contributed by atoms with Crippen molar-refractivity contribution in [1.82, 2.24) is 14.8 Å². The third-order valence-corrected chi connectivity index (χ3v) is 5.02. The maximum Gasteiger partial charge on any atom is 0.257 e. The highest BCUT2D eigenvalue weighted by Crippen LogP contribution is 2.38. The first-order valence-electron chi connectivity index (χ1n) is 9.97. The van der Waals surface area contributed by atoms with E-state index < -0.39 is 0 Å². The van der Waals surface area contributed by atoms with E-state index in [1.54, 1.807) is 12.1 Å². The minimum Gasteiger partial charge on any atom is -0.493 e. The number of carbonyl (C=O) groups is 1. The van der Waals surface area contributed by atoms with Gasteiger partial charge in [-0.3, -0.25) is 4.79 Å². The number of nitrogens with zero attached hydrogens (tertiary/aromatic N) is 3. The smallest absolute Gasteiger partial charge is 0.257 e. The Morgan fingerprint density at radius 1 is 1.03 bits per heavy atom. The number of aryl methyl sites for hydroxylation is 1. The molecule has 2 aromatic heterocycles. The second-order valence-electron chi connectivity index (χ2n) is 6.99. The molecule has 4 rings (SSSR count). The molecule has 2 aromatic carbocycles. The van der Waals surface area contributed by atoms with Crippen LogP contribution >= 0.6 is 0 Å². The third-order valence-electron chi connectivity index (χ3n) is 5.02. The van der Waals surface area contributed by atoms with Crippen LogP contribution in [0, 0.1) is 0 Å². The van der Waals surface area contributed by atoms with Crippen molar-refractivity contribution in [2.45, 2.75) is 19.9 Å². The normalized spacial score (nSPS) is 11.0. The molecular formula is C23H24N4O4. The van der Waals surface area contributed by atoms with E-state index in [1.165, 1.54) is 21.3 Å². The number of pyridine rings is 1. The maximum atomic E-state index is 13.1. The molecule has 0 unspecified atom stereocenters. The molecule has 0 fully saturated rings. The van der Waals surface area contributed by atoms with Crippen LogP contribution in [0.25, 0.3) is 21.9 Å². The number of rotatable bonds is 7. The number of benzene rings is 2. The second kappa shape index (κ2) is 8.51. The minimum absolute atomic E-state index is 0.338. The van der Waals surface area contributed by atoms with Gasteiger partial charge in [0.1, 0.15) is 0 Å². The molecule has 2 heterocycles. The van der Waals surface area contributed by atoms with Gasteiger partial charge in [-0.15, -0.1) is 0 Å². The van der Waals surface area contributed by atoms with Crippen molar-refractivity contribution in [3.8, 4) is 17.2 Å². The van der Waals surface area contributed by atoms with Crippen LogP contribution < -0.4 is 19.5 Å². The first-order valence-corrected chi connectivity index (χ1v) is 9.97. The van der Waals surface area contributed by atoms with Crippen LogP contribution in [-0.2, 0) is 6.54 Å². The molecule has 0 aliphatic heterocycles. The van der Waals surface area contributed by atoms with Gasteiger partial charge in [-0.05, 0) is 30.7 Å². The molecule has 31 heavy (non-hydrogen) atoms. The number of hydrogen-bond donors (Lipinski definition) is 1. The highest BCUT2D eigenvalue weighted by Gasteiger charge is 2.20. The summed E-state index contributed by atoms with van der Waals surface area (Å²) in [5.74, 6) is 1.35. The SMILES string of the molecule is CCCn1nc(NC(=O)c2cc(OC)c(OC)c(OC)c2)c2cc3ccccc3nc21. The van der Waals surface area contributed by atoms with Crippen molar-refractivity contribution in [3.63, 3.8) is 0 Å². The largest absolute Gasteiger partial charge is 0.493 e. The van der Waals surface area contributed by atoms with Crippen LogP contribution in [0.2, 0.25) is 0 Å². The molecule has 0 saturated heterocycles. The zero-order valence-electron chi connectivity index (χ0n) is 17.9. The lowest BCUT2D eigenvalue weighted by molar-refractivity contribution is 0.102.